The van der Waals surface area contributed by atoms with Gasteiger partial charge >= 0.3 is 5.97 Å². The van der Waals surface area contributed by atoms with E-state index in [9.17, 15) is 4.79 Å². The highest BCUT2D eigenvalue weighted by Crippen LogP contribution is 2.61. The van der Waals surface area contributed by atoms with Crippen molar-refractivity contribution in [3.05, 3.63) is 42.1 Å². The van der Waals surface area contributed by atoms with E-state index in [0.29, 0.717) is 62.0 Å². The van der Waals surface area contributed by atoms with E-state index >= 15 is 9.18 Å². The predicted octanol–water partition coefficient (Wildman–Crippen LogP) is 6.44. The fraction of sp³-hybridized carbons (Fsp3) is 0.755. The molecule has 65 heavy (non-hydrogen) atoms. The van der Waals surface area contributed by atoms with Crippen molar-refractivity contribution in [2.24, 2.45) is 35.5 Å². The quantitative estimate of drug-likeness (QED) is 0.232. The van der Waals surface area contributed by atoms with Gasteiger partial charge in [-0.15, -0.1) is 5.10 Å². The molecule has 2 saturated carbocycles. The Morgan fingerprint density at radius 2 is 1.62 bits per heavy atom. The monoisotopic (exact) mass is 911 g/mol. The van der Waals surface area contributed by atoms with Gasteiger partial charge in [-0.3, -0.25) is 9.59 Å². The van der Waals surface area contributed by atoms with Crippen LogP contribution in [0.3, 0.4) is 0 Å². The highest BCUT2D eigenvalue weighted by molar-refractivity contribution is 5.99. The number of halogens is 1. The Hall–Kier alpha value is -3.35. The number of carbonyl (C=O) groups excluding carboxylic acids is 2. The van der Waals surface area contributed by atoms with Crippen molar-refractivity contribution in [2.75, 3.05) is 35.5 Å². The van der Waals surface area contributed by atoms with Crippen molar-refractivity contribution >= 4 is 11.8 Å². The summed E-state index contributed by atoms with van der Waals surface area (Å²) in [6.45, 7) is 7.89. The molecular weight excluding hydrogens is 840 g/mol. The first-order chi connectivity index (χ1) is 31.4. The number of rotatable bonds is 12. The van der Waals surface area contributed by atoms with Crippen LogP contribution in [0.2, 0.25) is 0 Å². The van der Waals surface area contributed by atoms with Gasteiger partial charge in [-0.1, -0.05) is 25.1 Å². The number of Topliss-reactive ketones (excluding diaryl/α,β-unsaturated/α-hetero) is 1. The van der Waals surface area contributed by atoms with Gasteiger partial charge < -0.3 is 47.9 Å². The zero-order valence-electron chi connectivity index (χ0n) is 39.5. The van der Waals surface area contributed by atoms with Crippen molar-refractivity contribution in [2.45, 2.75) is 165 Å². The molecule has 1 aromatic heterocycles. The predicted molar refractivity (Wildman–Crippen MR) is 236 cm³/mol. The van der Waals surface area contributed by atoms with E-state index < -0.39 is 66.8 Å². The molecule has 6 aliphatic rings. The van der Waals surface area contributed by atoms with Crippen molar-refractivity contribution in [3.63, 3.8) is 0 Å². The molecule has 4 heterocycles. The van der Waals surface area contributed by atoms with Gasteiger partial charge in [0.25, 0.3) is 0 Å². The molecule has 0 spiro atoms. The Morgan fingerprint density at radius 1 is 0.877 bits per heavy atom. The Kier molecular flexibility index (Phi) is 15.5. The molecule has 0 bridgehead atoms. The maximum absolute atomic E-state index is 18.3. The van der Waals surface area contributed by atoms with Gasteiger partial charge in [-0.25, -0.2) is 9.07 Å². The molecule has 2 aromatic rings. The topological polar surface area (TPSA) is 160 Å². The Balaban J connectivity index is 1.14. The normalized spacial score (nSPS) is 41.3. The van der Waals surface area contributed by atoms with Crippen molar-refractivity contribution < 1.29 is 56.6 Å². The number of esters is 1. The zero-order valence-corrected chi connectivity index (χ0v) is 39.5. The van der Waals surface area contributed by atoms with Crippen LogP contribution in [-0.2, 0) is 47.5 Å². The number of nitrogens with one attached hydrogen (secondary N) is 1. The zero-order chi connectivity index (χ0) is 46.1. The van der Waals surface area contributed by atoms with Crippen LogP contribution < -0.4 is 10.1 Å². The van der Waals surface area contributed by atoms with E-state index in [2.05, 4.69) is 15.6 Å². The number of allylic oxidation sites excluding steroid dienone is 2. The first kappa shape index (κ1) is 48.1. The Bertz CT molecular complexity index is 1950. The summed E-state index contributed by atoms with van der Waals surface area (Å²) in [5, 5.41) is 12.5. The highest BCUT2D eigenvalue weighted by Gasteiger charge is 2.61. The average molecular weight is 911 g/mol. The molecule has 5 fully saturated rings. The lowest BCUT2D eigenvalue weighted by Crippen LogP contribution is -2.59. The fourth-order valence-corrected chi connectivity index (χ4v) is 12.3. The van der Waals surface area contributed by atoms with Gasteiger partial charge in [0.1, 0.15) is 42.0 Å². The number of cyclic esters (lactones) is 1. The smallest absolute Gasteiger partial charge is 0.306 e. The number of alkyl halides is 1. The number of ether oxygens (including phenoxy) is 9. The largest absolute Gasteiger partial charge is 0.497 e. The molecule has 1 N–H and O–H groups in total. The first-order valence-corrected chi connectivity index (χ1v) is 23.9. The Morgan fingerprint density at radius 3 is 2.29 bits per heavy atom. The summed E-state index contributed by atoms with van der Waals surface area (Å²) in [6.07, 6.45) is 3.26. The Labute approximate surface area is 383 Å². The standard InChI is InChI=1S/C49H71FN4O11/c1-10-29-12-11-13-39(65-41-19-18-37(51-5)26(3)61-41)25(2)45(56)36-22-33-32-20-31(64-49-48(60-9)47(59-8)46(58-7)27(4)62-49)21-35(32)44(43(50)42(33)34(36)23-40(55)63-29)54-24-38(52-53-54)28-14-16-30(57-6)17-15-28/h14-17,22,24-27,29,31-35,37,39,41-44,46-49,51H,10-13,18-21,23H2,1-9H3/t25-,26?,27?,29+,31+,32+,33+,34-,35-,37+,39+,41+,42-,43+,44?,46+,47?,48?,49+/m1/s1. The molecule has 19 atom stereocenters. The molecule has 360 valence electrons. The molecule has 3 saturated heterocycles. The van der Waals surface area contributed by atoms with Crippen molar-refractivity contribution in [1.82, 2.24) is 20.3 Å². The van der Waals surface area contributed by atoms with Gasteiger partial charge in [-0.05, 0) is 120 Å². The number of benzene rings is 1. The average Bonchev–Trinajstić information content (AvgIpc) is 4.05. The van der Waals surface area contributed by atoms with Gasteiger partial charge in [-0.2, -0.15) is 0 Å². The van der Waals surface area contributed by atoms with Crippen LogP contribution in [0.15, 0.2) is 42.1 Å². The van der Waals surface area contributed by atoms with E-state index in [1.54, 1.807) is 39.3 Å². The molecule has 3 aliphatic carbocycles. The molecule has 1 aromatic carbocycles. The summed E-state index contributed by atoms with van der Waals surface area (Å²) >= 11 is 0. The van der Waals surface area contributed by atoms with E-state index in [1.165, 1.54) is 0 Å². The van der Waals surface area contributed by atoms with Crippen LogP contribution in [0.25, 0.3) is 11.3 Å². The third-order valence-corrected chi connectivity index (χ3v) is 15.8. The lowest BCUT2D eigenvalue weighted by atomic mass is 9.63. The minimum absolute atomic E-state index is 0.0547. The highest BCUT2D eigenvalue weighted by atomic mass is 19.1. The second-order valence-electron chi connectivity index (χ2n) is 19.2. The van der Waals surface area contributed by atoms with Crippen LogP contribution >= 0.6 is 0 Å². The molecule has 0 radical (unpaired) electrons. The van der Waals surface area contributed by atoms with Crippen LogP contribution in [-0.4, -0.2) is 136 Å². The maximum Gasteiger partial charge on any atom is 0.306 e. The second-order valence-corrected chi connectivity index (χ2v) is 19.2. The first-order valence-electron chi connectivity index (χ1n) is 23.9. The summed E-state index contributed by atoms with van der Waals surface area (Å²) in [5.41, 5.74) is 1.89. The summed E-state index contributed by atoms with van der Waals surface area (Å²) in [7, 11) is 8.39. The van der Waals surface area contributed by atoms with E-state index in [-0.39, 0.29) is 66.5 Å². The number of nitrogens with zero attached hydrogens (tertiary/aromatic N) is 3. The number of carbonyl (C=O) groups is 2. The van der Waals surface area contributed by atoms with Crippen LogP contribution in [0, 0.1) is 35.5 Å². The molecule has 3 aliphatic heterocycles. The van der Waals surface area contributed by atoms with E-state index in [1.807, 2.05) is 65.1 Å². The van der Waals surface area contributed by atoms with Gasteiger partial charge in [0.15, 0.2) is 18.4 Å². The number of hydrogen-bond donors (Lipinski definition) is 1. The lowest BCUT2D eigenvalue weighted by molar-refractivity contribution is -0.314. The molecule has 8 rings (SSSR count). The van der Waals surface area contributed by atoms with Crippen LogP contribution in [0.1, 0.15) is 91.5 Å². The van der Waals surface area contributed by atoms with Gasteiger partial charge in [0, 0.05) is 50.7 Å². The number of fused-ring (bicyclic) bond motifs is 5. The van der Waals surface area contributed by atoms with Gasteiger partial charge in [0.2, 0.25) is 0 Å². The van der Waals surface area contributed by atoms with E-state index in [0.717, 1.165) is 12.0 Å². The summed E-state index contributed by atoms with van der Waals surface area (Å²) in [4.78, 5) is 29.1. The second kappa shape index (κ2) is 20.9. The minimum atomic E-state index is -1.50. The number of hydrogen-bond acceptors (Lipinski definition) is 14. The molecule has 0 amide bonds. The van der Waals surface area contributed by atoms with Crippen molar-refractivity contribution in [3.8, 4) is 17.0 Å². The third kappa shape index (κ3) is 9.70. The molecule has 16 heteroatoms. The fourth-order valence-electron chi connectivity index (χ4n) is 12.3. The number of likely N-dealkylation sites (N-methyl/N-ethyl adjacent to an activating group) is 1. The van der Waals surface area contributed by atoms with E-state index in [4.69, 9.17) is 42.6 Å². The summed E-state index contributed by atoms with van der Waals surface area (Å²) in [6, 6.07) is 6.95. The molecular formula is C49H71FN4O11. The SMILES string of the molecule is CC[C@H]1CCC[C@H](O[C@H]2CC[C@H](NC)C(C)O2)[C@@H](C)C(=O)C2=C[C@H]3[C@@H]4C[C@H](O[C@@H]5OC(C)[C@H](OC)C(OC)C5OC)C[C@H]4C(n4cc(-c5ccc(OC)cc5)nn4)[C@@H](F)[C@H]3[C@@H]2CC(=O)O1. The van der Waals surface area contributed by atoms with Gasteiger partial charge in [0.05, 0.1) is 50.2 Å². The van der Waals surface area contributed by atoms with Crippen LogP contribution in [0.5, 0.6) is 5.75 Å². The van der Waals surface area contributed by atoms with Crippen molar-refractivity contribution in [1.29, 1.82) is 0 Å². The molecule has 15 nitrogen and oxygen atoms in total. The van der Waals surface area contributed by atoms with Crippen LogP contribution in [0.4, 0.5) is 4.39 Å². The number of ketones is 1. The number of methoxy groups -OCH3 is 4. The maximum atomic E-state index is 18.3. The summed E-state index contributed by atoms with van der Waals surface area (Å²) < 4.78 is 75.4. The number of aromatic nitrogens is 3. The third-order valence-electron chi connectivity index (χ3n) is 15.8. The summed E-state index contributed by atoms with van der Waals surface area (Å²) in [5.74, 6) is -2.59. The lowest BCUT2D eigenvalue weighted by Gasteiger charge is -2.45. The molecule has 5 unspecified atom stereocenters. The minimum Gasteiger partial charge on any atom is -0.497 e.